The molecule has 0 radical (unpaired) electrons. The molecule has 0 saturated heterocycles. The molecule has 0 aliphatic heterocycles. The average molecular weight is 248 g/mol. The summed E-state index contributed by atoms with van der Waals surface area (Å²) in [4.78, 5) is 10.7. The van der Waals surface area contributed by atoms with E-state index in [0.29, 0.717) is 0 Å². The highest BCUT2D eigenvalue weighted by Crippen LogP contribution is 2.11. The van der Waals surface area contributed by atoms with Crippen LogP contribution < -0.4 is 10.6 Å². The summed E-state index contributed by atoms with van der Waals surface area (Å²) < 4.78 is 55.9. The second-order valence-corrected chi connectivity index (χ2v) is 5.11. The zero-order valence-corrected chi connectivity index (χ0v) is 8.70. The third-order valence-electron chi connectivity index (χ3n) is 1.21. The van der Waals surface area contributed by atoms with Crippen LogP contribution in [0.5, 0.6) is 0 Å². The van der Waals surface area contributed by atoms with Crippen molar-refractivity contribution >= 4 is 15.9 Å². The lowest BCUT2D eigenvalue weighted by Gasteiger charge is -2.09. The smallest absolute Gasteiger partial charge is 0.337 e. The van der Waals surface area contributed by atoms with E-state index >= 15 is 0 Å². The molecule has 0 aromatic heterocycles. The summed E-state index contributed by atoms with van der Waals surface area (Å²) in [6.45, 7) is -1.67. The third kappa shape index (κ3) is 10.9. The van der Waals surface area contributed by atoms with E-state index < -0.39 is 28.6 Å². The van der Waals surface area contributed by atoms with E-state index in [4.69, 9.17) is 0 Å². The first-order valence-electron chi connectivity index (χ1n) is 3.86. The Labute approximate surface area is 84.9 Å². The monoisotopic (exact) mass is 248 g/mol. The lowest BCUT2D eigenvalue weighted by atomic mass is 10.6. The molecular formula is C6H11F3N2O3S. The van der Waals surface area contributed by atoms with E-state index in [9.17, 15) is 26.4 Å². The number of carbonyl (C=O) groups excluding carboxylic acids is 1. The molecule has 9 heteroatoms. The van der Waals surface area contributed by atoms with Crippen LogP contribution in [0.1, 0.15) is 0 Å². The first-order valence-corrected chi connectivity index (χ1v) is 5.92. The highest BCUT2D eigenvalue weighted by molar-refractivity contribution is 7.90. The van der Waals surface area contributed by atoms with Crippen molar-refractivity contribution in [1.29, 1.82) is 0 Å². The van der Waals surface area contributed by atoms with Gasteiger partial charge in [-0.3, -0.25) is 0 Å². The second kappa shape index (κ2) is 5.19. The van der Waals surface area contributed by atoms with Crippen LogP contribution >= 0.6 is 0 Å². The summed E-state index contributed by atoms with van der Waals surface area (Å²) in [6.07, 6.45) is -3.52. The standard InChI is InChI=1S/C6H11F3N2O3S/c1-15(13,14)3-2-10-5(12)11-4-6(7,8)9/h2-4H2,1H3,(H2,10,11,12). The maximum Gasteiger partial charge on any atom is 0.405 e. The van der Waals surface area contributed by atoms with Gasteiger partial charge in [0, 0.05) is 12.8 Å². The second-order valence-electron chi connectivity index (χ2n) is 2.85. The minimum Gasteiger partial charge on any atom is -0.337 e. The van der Waals surface area contributed by atoms with Gasteiger partial charge in [0.25, 0.3) is 0 Å². The summed E-state index contributed by atoms with van der Waals surface area (Å²) in [7, 11) is -3.23. The first-order chi connectivity index (χ1) is 6.60. The number of amides is 2. The van der Waals surface area contributed by atoms with Gasteiger partial charge in [0.1, 0.15) is 16.4 Å². The summed E-state index contributed by atoms with van der Waals surface area (Å²) in [5.41, 5.74) is 0. The number of hydrogen-bond acceptors (Lipinski definition) is 3. The van der Waals surface area contributed by atoms with Gasteiger partial charge in [-0.15, -0.1) is 0 Å². The van der Waals surface area contributed by atoms with Gasteiger partial charge in [-0.1, -0.05) is 0 Å². The molecule has 0 rings (SSSR count). The minimum absolute atomic E-state index is 0.220. The van der Waals surface area contributed by atoms with Gasteiger partial charge in [-0.05, 0) is 0 Å². The average Bonchev–Trinajstić information content (AvgIpc) is 1.97. The number of nitrogens with one attached hydrogen (secondary N) is 2. The molecule has 0 saturated carbocycles. The predicted molar refractivity (Wildman–Crippen MR) is 47.2 cm³/mol. The minimum atomic E-state index is -4.48. The fraction of sp³-hybridized carbons (Fsp3) is 0.833. The molecule has 0 aromatic carbocycles. The molecule has 2 N–H and O–H groups in total. The van der Waals surface area contributed by atoms with E-state index in [0.717, 1.165) is 6.26 Å². The Morgan fingerprint density at radius 3 is 2.20 bits per heavy atom. The van der Waals surface area contributed by atoms with E-state index in [1.54, 1.807) is 0 Å². The van der Waals surface area contributed by atoms with Crippen LogP contribution in [0.3, 0.4) is 0 Å². The van der Waals surface area contributed by atoms with Gasteiger partial charge in [-0.25, -0.2) is 13.2 Å². The molecule has 15 heavy (non-hydrogen) atoms. The molecule has 0 fully saturated rings. The number of carbonyl (C=O) groups is 1. The van der Waals surface area contributed by atoms with Crippen molar-refractivity contribution in [2.24, 2.45) is 0 Å². The highest BCUT2D eigenvalue weighted by Gasteiger charge is 2.27. The number of urea groups is 1. The van der Waals surface area contributed by atoms with Crippen LogP contribution in [0.4, 0.5) is 18.0 Å². The molecule has 0 aliphatic carbocycles. The number of rotatable bonds is 4. The lowest BCUT2D eigenvalue weighted by molar-refractivity contribution is -0.122. The Kier molecular flexibility index (Phi) is 4.85. The molecule has 90 valence electrons. The van der Waals surface area contributed by atoms with Gasteiger partial charge in [-0.2, -0.15) is 13.2 Å². The molecule has 0 unspecified atom stereocenters. The van der Waals surface area contributed by atoms with Gasteiger partial charge < -0.3 is 10.6 Å². The van der Waals surface area contributed by atoms with Gasteiger partial charge in [0.2, 0.25) is 0 Å². The van der Waals surface area contributed by atoms with Crippen molar-refractivity contribution in [3.05, 3.63) is 0 Å². The molecule has 0 spiro atoms. The van der Waals surface area contributed by atoms with Crippen molar-refractivity contribution in [2.45, 2.75) is 6.18 Å². The Hall–Kier alpha value is -0.990. The SMILES string of the molecule is CS(=O)(=O)CCNC(=O)NCC(F)(F)F. The Morgan fingerprint density at radius 1 is 1.27 bits per heavy atom. The lowest BCUT2D eigenvalue weighted by Crippen LogP contribution is -2.42. The zero-order valence-electron chi connectivity index (χ0n) is 7.89. The first kappa shape index (κ1) is 14.0. The summed E-state index contributed by atoms with van der Waals surface area (Å²) >= 11 is 0. The molecule has 0 aliphatic rings. The van der Waals surface area contributed by atoms with Crippen molar-refractivity contribution in [1.82, 2.24) is 10.6 Å². The summed E-state index contributed by atoms with van der Waals surface area (Å²) in [5.74, 6) is -0.313. The third-order valence-corrected chi connectivity index (χ3v) is 2.15. The van der Waals surface area contributed by atoms with E-state index in [2.05, 4.69) is 0 Å². The molecule has 2 amide bonds. The maximum absolute atomic E-state index is 11.6. The van der Waals surface area contributed by atoms with E-state index in [-0.39, 0.29) is 12.3 Å². The number of alkyl halides is 3. The molecular weight excluding hydrogens is 237 g/mol. The van der Waals surface area contributed by atoms with Crippen LogP contribution in [-0.2, 0) is 9.84 Å². The Bertz CT molecular complexity index is 312. The van der Waals surface area contributed by atoms with Crippen LogP contribution in [0.25, 0.3) is 0 Å². The number of hydrogen-bond donors (Lipinski definition) is 2. The van der Waals surface area contributed by atoms with Crippen LogP contribution in [0.15, 0.2) is 0 Å². The highest BCUT2D eigenvalue weighted by atomic mass is 32.2. The predicted octanol–water partition coefficient (Wildman–Crippen LogP) is -0.108. The number of halogens is 3. The number of sulfone groups is 1. The van der Waals surface area contributed by atoms with Crippen LogP contribution in [-0.4, -0.2) is 45.7 Å². The fourth-order valence-electron chi connectivity index (χ4n) is 0.593. The topological polar surface area (TPSA) is 75.3 Å². The largest absolute Gasteiger partial charge is 0.405 e. The zero-order chi connectivity index (χ0) is 12.1. The maximum atomic E-state index is 11.6. The van der Waals surface area contributed by atoms with Crippen molar-refractivity contribution in [3.63, 3.8) is 0 Å². The van der Waals surface area contributed by atoms with Crippen molar-refractivity contribution in [3.8, 4) is 0 Å². The summed E-state index contributed by atoms with van der Waals surface area (Å²) in [5, 5.41) is 3.52. The van der Waals surface area contributed by atoms with Gasteiger partial charge in [0.05, 0.1) is 5.75 Å². The molecule has 0 aromatic rings. The molecule has 0 heterocycles. The fourth-order valence-corrected chi connectivity index (χ4v) is 1.07. The van der Waals surface area contributed by atoms with Crippen LogP contribution in [0.2, 0.25) is 0 Å². The Morgan fingerprint density at radius 2 is 1.80 bits per heavy atom. The van der Waals surface area contributed by atoms with Crippen molar-refractivity contribution in [2.75, 3.05) is 25.1 Å². The molecule has 0 atom stereocenters. The molecule has 5 nitrogen and oxygen atoms in total. The quantitative estimate of drug-likeness (QED) is 0.729. The van der Waals surface area contributed by atoms with E-state index in [1.807, 2.05) is 5.32 Å². The Balaban J connectivity index is 3.69. The van der Waals surface area contributed by atoms with Crippen LogP contribution in [0, 0.1) is 0 Å². The van der Waals surface area contributed by atoms with E-state index in [1.165, 1.54) is 5.32 Å². The van der Waals surface area contributed by atoms with Crippen molar-refractivity contribution < 1.29 is 26.4 Å². The van der Waals surface area contributed by atoms with Gasteiger partial charge in [0.15, 0.2) is 0 Å². The molecule has 0 bridgehead atoms. The van der Waals surface area contributed by atoms with Gasteiger partial charge >= 0.3 is 12.2 Å². The summed E-state index contributed by atoms with van der Waals surface area (Å²) in [6, 6.07) is -1.05. The normalized spacial score (nSPS) is 12.3.